The molecule has 1 amide bonds. The highest BCUT2D eigenvalue weighted by atomic mass is 16.1. The number of rotatable bonds is 4. The Morgan fingerprint density at radius 3 is 2.32 bits per heavy atom. The van der Waals surface area contributed by atoms with Gasteiger partial charge in [0.25, 0.3) is 5.91 Å². The Labute approximate surface area is 180 Å². The summed E-state index contributed by atoms with van der Waals surface area (Å²) in [6.07, 6.45) is 0. The van der Waals surface area contributed by atoms with E-state index in [-0.39, 0.29) is 5.91 Å². The molecule has 0 atom stereocenters. The maximum absolute atomic E-state index is 13.0. The lowest BCUT2D eigenvalue weighted by Gasteiger charge is -2.10. The highest BCUT2D eigenvalue weighted by molar-refractivity contribution is 6.04. The van der Waals surface area contributed by atoms with Crippen LogP contribution in [0.4, 0.5) is 5.69 Å². The highest BCUT2D eigenvalue weighted by Crippen LogP contribution is 2.31. The lowest BCUT2D eigenvalue weighted by atomic mass is 10.0. The van der Waals surface area contributed by atoms with Gasteiger partial charge in [-0.25, -0.2) is 4.68 Å². The van der Waals surface area contributed by atoms with Gasteiger partial charge in [-0.15, -0.1) is 0 Å². The number of hydrogen-bond donors (Lipinski definition) is 1. The number of para-hydroxylation sites is 1. The summed E-state index contributed by atoms with van der Waals surface area (Å²) in [5.41, 5.74) is 5.09. The summed E-state index contributed by atoms with van der Waals surface area (Å²) in [7, 11) is 0. The summed E-state index contributed by atoms with van der Waals surface area (Å²) < 4.78 is 1.85. The molecule has 0 saturated heterocycles. The predicted octanol–water partition coefficient (Wildman–Crippen LogP) is 6.25. The lowest BCUT2D eigenvalue weighted by molar-refractivity contribution is 0.102. The SMILES string of the molecule is Cc1ccc(-n2nc(C(=O)Nc3ccccc3)cc2-c2cccc3ccccc23)cc1. The van der Waals surface area contributed by atoms with Gasteiger partial charge in [0.2, 0.25) is 0 Å². The third kappa shape index (κ3) is 3.71. The summed E-state index contributed by atoms with van der Waals surface area (Å²) in [4.78, 5) is 13.0. The number of anilines is 1. The molecule has 0 saturated carbocycles. The van der Waals surface area contributed by atoms with Crippen LogP contribution in [-0.2, 0) is 0 Å². The molecule has 150 valence electrons. The van der Waals surface area contributed by atoms with E-state index in [1.807, 2.05) is 83.5 Å². The van der Waals surface area contributed by atoms with Crippen molar-refractivity contribution in [1.29, 1.82) is 0 Å². The Morgan fingerprint density at radius 1 is 0.806 bits per heavy atom. The third-order valence-corrected chi connectivity index (χ3v) is 5.32. The maximum atomic E-state index is 13.0. The van der Waals surface area contributed by atoms with Crippen LogP contribution in [0.1, 0.15) is 16.1 Å². The van der Waals surface area contributed by atoms with Gasteiger partial charge < -0.3 is 5.32 Å². The fourth-order valence-corrected chi connectivity index (χ4v) is 3.73. The summed E-state index contributed by atoms with van der Waals surface area (Å²) in [5, 5.41) is 9.89. The second-order valence-electron chi connectivity index (χ2n) is 7.51. The van der Waals surface area contributed by atoms with E-state index in [1.54, 1.807) is 0 Å². The maximum Gasteiger partial charge on any atom is 0.276 e. The zero-order valence-electron chi connectivity index (χ0n) is 17.1. The summed E-state index contributed by atoms with van der Waals surface area (Å²) in [5.74, 6) is -0.237. The van der Waals surface area contributed by atoms with E-state index in [1.165, 1.54) is 5.56 Å². The standard InChI is InChI=1S/C27H21N3O/c1-19-14-16-22(17-15-19)30-26(24-13-7-9-20-8-5-6-12-23(20)24)18-25(29-30)27(31)28-21-10-3-2-4-11-21/h2-18H,1H3,(H,28,31). The average molecular weight is 403 g/mol. The third-order valence-electron chi connectivity index (χ3n) is 5.32. The molecule has 31 heavy (non-hydrogen) atoms. The van der Waals surface area contributed by atoms with Crippen LogP contribution in [0.25, 0.3) is 27.7 Å². The van der Waals surface area contributed by atoms with Crippen LogP contribution in [0.5, 0.6) is 0 Å². The second kappa shape index (κ2) is 7.92. The van der Waals surface area contributed by atoms with Crippen LogP contribution in [-0.4, -0.2) is 15.7 Å². The summed E-state index contributed by atoms with van der Waals surface area (Å²) in [6.45, 7) is 2.05. The molecular weight excluding hydrogens is 382 g/mol. The van der Waals surface area contributed by atoms with Crippen molar-refractivity contribution in [3.63, 3.8) is 0 Å². The molecule has 0 spiro atoms. The van der Waals surface area contributed by atoms with E-state index < -0.39 is 0 Å². The molecule has 0 aliphatic rings. The average Bonchev–Trinajstić information content (AvgIpc) is 3.25. The van der Waals surface area contributed by atoms with Crippen LogP contribution in [0.3, 0.4) is 0 Å². The quantitative estimate of drug-likeness (QED) is 0.385. The molecule has 0 unspecified atom stereocenters. The molecule has 4 heteroatoms. The molecule has 0 fully saturated rings. The van der Waals surface area contributed by atoms with Gasteiger partial charge in [0.15, 0.2) is 5.69 Å². The van der Waals surface area contributed by atoms with Crippen LogP contribution in [0.2, 0.25) is 0 Å². The molecule has 0 aliphatic heterocycles. The Kier molecular flexibility index (Phi) is 4.81. The Hall–Kier alpha value is -4.18. The van der Waals surface area contributed by atoms with Gasteiger partial charge in [-0.2, -0.15) is 5.10 Å². The van der Waals surface area contributed by atoms with Gasteiger partial charge in [-0.1, -0.05) is 78.4 Å². The van der Waals surface area contributed by atoms with Crippen molar-refractivity contribution in [3.05, 3.63) is 114 Å². The molecule has 4 aromatic carbocycles. The van der Waals surface area contributed by atoms with Crippen LogP contribution >= 0.6 is 0 Å². The lowest BCUT2D eigenvalue weighted by Crippen LogP contribution is -2.13. The van der Waals surface area contributed by atoms with Gasteiger partial charge in [-0.3, -0.25) is 4.79 Å². The molecule has 0 bridgehead atoms. The van der Waals surface area contributed by atoms with Gasteiger partial charge in [0.05, 0.1) is 11.4 Å². The largest absolute Gasteiger partial charge is 0.321 e. The summed E-state index contributed by atoms with van der Waals surface area (Å²) >= 11 is 0. The topological polar surface area (TPSA) is 46.9 Å². The molecule has 1 aromatic heterocycles. The van der Waals surface area contributed by atoms with Crippen molar-refractivity contribution < 1.29 is 4.79 Å². The molecule has 4 nitrogen and oxygen atoms in total. The number of benzene rings is 4. The van der Waals surface area contributed by atoms with Crippen molar-refractivity contribution in [1.82, 2.24) is 9.78 Å². The number of nitrogens with zero attached hydrogens (tertiary/aromatic N) is 2. The first kappa shape index (κ1) is 18.8. The smallest absolute Gasteiger partial charge is 0.276 e. The van der Waals surface area contributed by atoms with Gasteiger partial charge >= 0.3 is 0 Å². The van der Waals surface area contributed by atoms with Gasteiger partial charge in [-0.05, 0) is 48.0 Å². The zero-order valence-corrected chi connectivity index (χ0v) is 17.1. The molecule has 1 N–H and O–H groups in total. The van der Waals surface area contributed by atoms with E-state index in [0.717, 1.165) is 33.4 Å². The van der Waals surface area contributed by atoms with Crippen molar-refractivity contribution >= 4 is 22.4 Å². The number of carbonyl (C=O) groups is 1. The highest BCUT2D eigenvalue weighted by Gasteiger charge is 2.18. The first-order valence-electron chi connectivity index (χ1n) is 10.2. The second-order valence-corrected chi connectivity index (χ2v) is 7.51. The Morgan fingerprint density at radius 2 is 1.52 bits per heavy atom. The molecule has 0 aliphatic carbocycles. The minimum absolute atomic E-state index is 0.237. The molecule has 1 heterocycles. The molecule has 5 aromatic rings. The first-order chi connectivity index (χ1) is 15.2. The van der Waals surface area contributed by atoms with Crippen molar-refractivity contribution in [2.45, 2.75) is 6.92 Å². The number of fused-ring (bicyclic) bond motifs is 1. The number of aromatic nitrogens is 2. The monoisotopic (exact) mass is 403 g/mol. The number of amides is 1. The predicted molar refractivity (Wildman–Crippen MR) is 126 cm³/mol. The minimum atomic E-state index is -0.237. The van der Waals surface area contributed by atoms with E-state index in [2.05, 4.69) is 36.5 Å². The molecular formula is C27H21N3O. The molecule has 5 rings (SSSR count). The molecule has 0 radical (unpaired) electrons. The van der Waals surface area contributed by atoms with Crippen LogP contribution in [0, 0.1) is 6.92 Å². The van der Waals surface area contributed by atoms with Gasteiger partial charge in [0.1, 0.15) is 0 Å². The van der Waals surface area contributed by atoms with Crippen molar-refractivity contribution in [2.75, 3.05) is 5.32 Å². The zero-order chi connectivity index (χ0) is 21.2. The number of hydrogen-bond acceptors (Lipinski definition) is 2. The fourth-order valence-electron chi connectivity index (χ4n) is 3.73. The first-order valence-corrected chi connectivity index (χ1v) is 10.2. The van der Waals surface area contributed by atoms with Crippen LogP contribution < -0.4 is 5.32 Å². The van der Waals surface area contributed by atoms with Crippen molar-refractivity contribution in [3.8, 4) is 16.9 Å². The van der Waals surface area contributed by atoms with E-state index in [0.29, 0.717) is 5.69 Å². The van der Waals surface area contributed by atoms with Gasteiger partial charge in [0, 0.05) is 11.3 Å². The van der Waals surface area contributed by atoms with E-state index in [4.69, 9.17) is 5.10 Å². The normalized spacial score (nSPS) is 10.9. The van der Waals surface area contributed by atoms with Crippen molar-refractivity contribution in [2.24, 2.45) is 0 Å². The number of aryl methyl sites for hydroxylation is 1. The fraction of sp³-hybridized carbons (Fsp3) is 0.0370. The summed E-state index contributed by atoms with van der Waals surface area (Å²) in [6, 6.07) is 33.9. The number of nitrogens with one attached hydrogen (secondary N) is 1. The van der Waals surface area contributed by atoms with E-state index >= 15 is 0 Å². The minimum Gasteiger partial charge on any atom is -0.321 e. The Balaban J connectivity index is 1.65. The van der Waals surface area contributed by atoms with Crippen LogP contribution in [0.15, 0.2) is 103 Å². The number of carbonyl (C=O) groups excluding carboxylic acids is 1. The Bertz CT molecular complexity index is 1360. The van der Waals surface area contributed by atoms with E-state index in [9.17, 15) is 4.79 Å².